The van der Waals surface area contributed by atoms with Gasteiger partial charge in [-0.05, 0) is 44.9 Å². The molecule has 1 saturated heterocycles. The lowest BCUT2D eigenvalue weighted by atomic mass is 9.97. The molecule has 2 heterocycles. The normalized spacial score (nSPS) is 18.8. The van der Waals surface area contributed by atoms with Crippen molar-refractivity contribution in [2.45, 2.75) is 32.6 Å². The summed E-state index contributed by atoms with van der Waals surface area (Å²) in [5, 5.41) is 3.03. The summed E-state index contributed by atoms with van der Waals surface area (Å²) in [4.78, 5) is 22.1. The first-order valence-corrected chi connectivity index (χ1v) is 8.20. The maximum Gasteiger partial charge on any atom is 0.238 e. The number of anilines is 1. The van der Waals surface area contributed by atoms with E-state index in [-0.39, 0.29) is 5.91 Å². The average Bonchev–Trinajstić information content (AvgIpc) is 3.05. The number of aromatic amines is 1. The van der Waals surface area contributed by atoms with Crippen LogP contribution >= 0.6 is 0 Å². The highest BCUT2D eigenvalue weighted by Crippen LogP contribution is 2.24. The summed E-state index contributed by atoms with van der Waals surface area (Å²) in [5.74, 6) is 1.48. The van der Waals surface area contributed by atoms with Crippen molar-refractivity contribution >= 4 is 11.6 Å². The minimum atomic E-state index is 0.0528. The van der Waals surface area contributed by atoms with Crippen LogP contribution in [-0.2, 0) is 4.79 Å². The van der Waals surface area contributed by atoms with E-state index in [0.717, 1.165) is 43.0 Å². The Balaban J connectivity index is 1.57. The van der Waals surface area contributed by atoms with Gasteiger partial charge in [0.1, 0.15) is 5.82 Å². The zero-order valence-corrected chi connectivity index (χ0v) is 13.8. The van der Waals surface area contributed by atoms with Crippen LogP contribution in [0.15, 0.2) is 30.6 Å². The SMILES string of the molecule is Cc1ccc(NC(=O)CN2CCC[C@H](c3ncc[nH]3)C2)c(C)c1. The first kappa shape index (κ1) is 15.7. The van der Waals surface area contributed by atoms with E-state index in [1.807, 2.05) is 25.3 Å². The second-order valence-electron chi connectivity index (χ2n) is 6.42. The maximum absolute atomic E-state index is 12.3. The van der Waals surface area contributed by atoms with E-state index < -0.39 is 0 Å². The lowest BCUT2D eigenvalue weighted by molar-refractivity contribution is -0.117. The molecule has 122 valence electrons. The molecule has 2 aromatic rings. The number of imidazole rings is 1. The van der Waals surface area contributed by atoms with Crippen LogP contribution in [0.25, 0.3) is 0 Å². The van der Waals surface area contributed by atoms with Crippen molar-refractivity contribution in [3.05, 3.63) is 47.5 Å². The van der Waals surface area contributed by atoms with Gasteiger partial charge in [-0.3, -0.25) is 9.69 Å². The average molecular weight is 312 g/mol. The highest BCUT2D eigenvalue weighted by atomic mass is 16.2. The summed E-state index contributed by atoms with van der Waals surface area (Å²) >= 11 is 0. The Labute approximate surface area is 137 Å². The lowest BCUT2D eigenvalue weighted by Gasteiger charge is -2.31. The van der Waals surface area contributed by atoms with Crippen molar-refractivity contribution in [2.24, 2.45) is 0 Å². The number of rotatable bonds is 4. The molecule has 23 heavy (non-hydrogen) atoms. The number of hydrogen-bond donors (Lipinski definition) is 2. The molecule has 3 rings (SSSR count). The number of piperidine rings is 1. The van der Waals surface area contributed by atoms with Gasteiger partial charge in [-0.2, -0.15) is 0 Å². The fourth-order valence-corrected chi connectivity index (χ4v) is 3.27. The van der Waals surface area contributed by atoms with E-state index in [4.69, 9.17) is 0 Å². The van der Waals surface area contributed by atoms with Gasteiger partial charge in [-0.25, -0.2) is 4.98 Å². The second kappa shape index (κ2) is 6.96. The minimum Gasteiger partial charge on any atom is -0.348 e. The summed E-state index contributed by atoms with van der Waals surface area (Å²) in [7, 11) is 0. The molecule has 1 aromatic heterocycles. The van der Waals surface area contributed by atoms with Crippen molar-refractivity contribution < 1.29 is 4.79 Å². The third-order valence-electron chi connectivity index (χ3n) is 4.43. The monoisotopic (exact) mass is 312 g/mol. The number of benzene rings is 1. The molecule has 0 aliphatic carbocycles. The van der Waals surface area contributed by atoms with Crippen molar-refractivity contribution in [1.82, 2.24) is 14.9 Å². The number of carbonyl (C=O) groups is 1. The standard InChI is InChI=1S/C18H24N4O/c1-13-5-6-16(14(2)10-13)21-17(23)12-22-9-3-4-15(11-22)18-19-7-8-20-18/h5-8,10,15H,3-4,9,11-12H2,1-2H3,(H,19,20)(H,21,23)/t15-/m0/s1. The molecule has 2 N–H and O–H groups in total. The van der Waals surface area contributed by atoms with Gasteiger partial charge in [0.05, 0.1) is 6.54 Å². The predicted octanol–water partition coefficient (Wildman–Crippen LogP) is 2.84. The van der Waals surface area contributed by atoms with Gasteiger partial charge in [-0.15, -0.1) is 0 Å². The Hall–Kier alpha value is -2.14. The fourth-order valence-electron chi connectivity index (χ4n) is 3.27. The minimum absolute atomic E-state index is 0.0528. The van der Waals surface area contributed by atoms with E-state index in [1.54, 1.807) is 6.20 Å². The van der Waals surface area contributed by atoms with Crippen molar-refractivity contribution in [3.63, 3.8) is 0 Å². The molecule has 1 aromatic carbocycles. The fraction of sp³-hybridized carbons (Fsp3) is 0.444. The third kappa shape index (κ3) is 3.99. The Kier molecular flexibility index (Phi) is 4.76. The predicted molar refractivity (Wildman–Crippen MR) is 91.5 cm³/mol. The van der Waals surface area contributed by atoms with E-state index in [2.05, 4.69) is 33.2 Å². The van der Waals surface area contributed by atoms with Gasteiger partial charge in [0.15, 0.2) is 0 Å². The molecule has 0 unspecified atom stereocenters. The topological polar surface area (TPSA) is 61.0 Å². The van der Waals surface area contributed by atoms with E-state index >= 15 is 0 Å². The number of hydrogen-bond acceptors (Lipinski definition) is 3. The zero-order chi connectivity index (χ0) is 16.2. The summed E-state index contributed by atoms with van der Waals surface area (Å²) in [6.07, 6.45) is 5.88. The molecule has 1 fully saturated rings. The number of aromatic nitrogens is 2. The summed E-state index contributed by atoms with van der Waals surface area (Å²) in [6, 6.07) is 6.09. The number of H-pyrrole nitrogens is 1. The molecule has 1 atom stereocenters. The zero-order valence-electron chi connectivity index (χ0n) is 13.8. The van der Waals surface area contributed by atoms with Gasteiger partial charge in [-0.1, -0.05) is 17.7 Å². The van der Waals surface area contributed by atoms with Gasteiger partial charge >= 0.3 is 0 Å². The molecular weight excluding hydrogens is 288 g/mol. The highest BCUT2D eigenvalue weighted by Gasteiger charge is 2.24. The first-order valence-electron chi connectivity index (χ1n) is 8.20. The quantitative estimate of drug-likeness (QED) is 0.912. The van der Waals surface area contributed by atoms with Crippen LogP contribution in [0.1, 0.15) is 35.7 Å². The van der Waals surface area contributed by atoms with Gasteiger partial charge < -0.3 is 10.3 Å². The van der Waals surface area contributed by atoms with Crippen LogP contribution in [0.5, 0.6) is 0 Å². The van der Waals surface area contributed by atoms with Crippen molar-refractivity contribution in [2.75, 3.05) is 25.0 Å². The molecule has 5 nitrogen and oxygen atoms in total. The Morgan fingerprint density at radius 1 is 1.43 bits per heavy atom. The molecule has 0 spiro atoms. The number of amides is 1. The molecular formula is C18H24N4O. The van der Waals surface area contributed by atoms with Crippen molar-refractivity contribution in [3.8, 4) is 0 Å². The molecule has 0 bridgehead atoms. The van der Waals surface area contributed by atoms with Gasteiger partial charge in [0.25, 0.3) is 0 Å². The van der Waals surface area contributed by atoms with Gasteiger partial charge in [0.2, 0.25) is 5.91 Å². The largest absolute Gasteiger partial charge is 0.348 e. The summed E-state index contributed by atoms with van der Waals surface area (Å²) < 4.78 is 0. The number of likely N-dealkylation sites (tertiary alicyclic amines) is 1. The number of aryl methyl sites for hydroxylation is 2. The molecule has 0 saturated carbocycles. The summed E-state index contributed by atoms with van der Waals surface area (Å²) in [5.41, 5.74) is 3.21. The van der Waals surface area contributed by atoms with E-state index in [1.165, 1.54) is 5.56 Å². The van der Waals surface area contributed by atoms with Crippen LogP contribution < -0.4 is 5.32 Å². The highest BCUT2D eigenvalue weighted by molar-refractivity contribution is 5.93. The van der Waals surface area contributed by atoms with Gasteiger partial charge in [0, 0.05) is 30.5 Å². The third-order valence-corrected chi connectivity index (χ3v) is 4.43. The smallest absolute Gasteiger partial charge is 0.238 e. The number of carbonyl (C=O) groups excluding carboxylic acids is 1. The number of nitrogens with one attached hydrogen (secondary N) is 2. The van der Waals surface area contributed by atoms with Crippen molar-refractivity contribution in [1.29, 1.82) is 0 Å². The molecule has 1 aliphatic heterocycles. The molecule has 0 radical (unpaired) electrons. The van der Waals surface area contributed by atoms with Crippen LogP contribution in [-0.4, -0.2) is 40.4 Å². The Bertz CT molecular complexity index is 666. The van der Waals surface area contributed by atoms with Crippen LogP contribution in [0.3, 0.4) is 0 Å². The Morgan fingerprint density at radius 2 is 2.30 bits per heavy atom. The van der Waals surface area contributed by atoms with Crippen LogP contribution in [0.4, 0.5) is 5.69 Å². The van der Waals surface area contributed by atoms with Crippen LogP contribution in [0.2, 0.25) is 0 Å². The second-order valence-corrected chi connectivity index (χ2v) is 6.42. The number of nitrogens with zero attached hydrogens (tertiary/aromatic N) is 2. The Morgan fingerprint density at radius 3 is 3.04 bits per heavy atom. The molecule has 1 amide bonds. The first-order chi connectivity index (χ1) is 11.1. The van der Waals surface area contributed by atoms with E-state index in [0.29, 0.717) is 12.5 Å². The molecule has 5 heteroatoms. The maximum atomic E-state index is 12.3. The van der Waals surface area contributed by atoms with E-state index in [9.17, 15) is 4.79 Å². The summed E-state index contributed by atoms with van der Waals surface area (Å²) in [6.45, 7) is 6.37. The lowest BCUT2D eigenvalue weighted by Crippen LogP contribution is -2.40. The van der Waals surface area contributed by atoms with Crippen LogP contribution in [0, 0.1) is 13.8 Å². The molecule has 1 aliphatic rings.